The van der Waals surface area contributed by atoms with Crippen LogP contribution >= 0.6 is 11.6 Å². The first-order chi connectivity index (χ1) is 12.7. The van der Waals surface area contributed by atoms with Gasteiger partial charge in [-0.2, -0.15) is 13.2 Å². The molecule has 0 aromatic heterocycles. The van der Waals surface area contributed by atoms with Crippen molar-refractivity contribution >= 4 is 23.2 Å². The topological polar surface area (TPSA) is 32.8 Å². The molecule has 0 N–H and O–H groups in total. The van der Waals surface area contributed by atoms with E-state index >= 15 is 0 Å². The molecule has 9 heteroatoms. The Balaban J connectivity index is 1.97. The first-order valence-electron chi connectivity index (χ1n) is 8.47. The second kappa shape index (κ2) is 7.56. The zero-order valence-corrected chi connectivity index (χ0v) is 15.0. The van der Waals surface area contributed by atoms with Gasteiger partial charge in [0, 0.05) is 12.6 Å². The highest BCUT2D eigenvalue weighted by Crippen LogP contribution is 2.40. The van der Waals surface area contributed by atoms with Crippen molar-refractivity contribution < 1.29 is 27.1 Å². The number of ether oxygens (including phenoxy) is 1. The number of hydrogen-bond acceptors (Lipinski definition) is 3. The number of benzene rings is 1. The minimum absolute atomic E-state index is 0.00864. The normalized spacial score (nSPS) is 21.7. The predicted molar refractivity (Wildman–Crippen MR) is 91.7 cm³/mol. The number of carbonyl (C=O) groups is 1. The van der Waals surface area contributed by atoms with E-state index in [9.17, 15) is 22.4 Å². The van der Waals surface area contributed by atoms with E-state index in [0.29, 0.717) is 5.01 Å². The Kier molecular flexibility index (Phi) is 5.54. The standard InChI is InChI=1S/C18H17ClF4N2O2/c1-2-7-24-10-12(18(21,22)23)17(26)25(24)15-9-16(13(19)8-14(15)20)27-11-5-3-4-6-11/h1,8-9,11-12H,3-7,10H2. The van der Waals surface area contributed by atoms with Crippen molar-refractivity contribution in [1.29, 1.82) is 0 Å². The van der Waals surface area contributed by atoms with E-state index in [1.165, 1.54) is 0 Å². The molecular weight excluding hydrogens is 388 g/mol. The minimum atomic E-state index is -4.76. The zero-order chi connectivity index (χ0) is 19.8. The van der Waals surface area contributed by atoms with E-state index in [0.717, 1.165) is 42.8 Å². The van der Waals surface area contributed by atoms with Crippen molar-refractivity contribution in [2.75, 3.05) is 18.1 Å². The fraction of sp³-hybridized carbons (Fsp3) is 0.500. The third-order valence-electron chi connectivity index (χ3n) is 4.68. The van der Waals surface area contributed by atoms with Crippen LogP contribution in [0.5, 0.6) is 5.75 Å². The van der Waals surface area contributed by atoms with Crippen LogP contribution in [0.4, 0.5) is 23.2 Å². The summed E-state index contributed by atoms with van der Waals surface area (Å²) in [5, 5.41) is 1.63. The summed E-state index contributed by atoms with van der Waals surface area (Å²) in [5.74, 6) is -2.18. The molecule has 0 spiro atoms. The van der Waals surface area contributed by atoms with Gasteiger partial charge >= 0.3 is 6.18 Å². The Morgan fingerprint density at radius 2 is 1.96 bits per heavy atom. The lowest BCUT2D eigenvalue weighted by atomic mass is 10.1. The smallest absolute Gasteiger partial charge is 0.401 e. The average molecular weight is 405 g/mol. The quantitative estimate of drug-likeness (QED) is 0.557. The molecule has 1 aliphatic heterocycles. The molecule has 3 rings (SSSR count). The van der Waals surface area contributed by atoms with Crippen LogP contribution in [0.2, 0.25) is 5.02 Å². The molecule has 1 unspecified atom stereocenters. The van der Waals surface area contributed by atoms with Gasteiger partial charge in [-0.25, -0.2) is 14.4 Å². The summed E-state index contributed by atoms with van der Waals surface area (Å²) in [4.78, 5) is 12.4. The summed E-state index contributed by atoms with van der Waals surface area (Å²) < 4.78 is 59.8. The predicted octanol–water partition coefficient (Wildman–Crippen LogP) is 4.18. The summed E-state index contributed by atoms with van der Waals surface area (Å²) in [5.41, 5.74) is -0.362. The van der Waals surface area contributed by atoms with Crippen LogP contribution in [-0.2, 0) is 4.79 Å². The van der Waals surface area contributed by atoms with E-state index < -0.39 is 30.4 Å². The third kappa shape index (κ3) is 3.99. The molecule has 146 valence electrons. The van der Waals surface area contributed by atoms with Gasteiger partial charge in [0.2, 0.25) is 0 Å². The Bertz CT molecular complexity index is 772. The van der Waals surface area contributed by atoms with Gasteiger partial charge in [-0.3, -0.25) is 4.79 Å². The molecule has 1 saturated heterocycles. The summed E-state index contributed by atoms with van der Waals surface area (Å²) in [7, 11) is 0. The number of halogens is 5. The van der Waals surface area contributed by atoms with Crippen LogP contribution in [0.15, 0.2) is 12.1 Å². The Morgan fingerprint density at radius 3 is 2.56 bits per heavy atom. The number of amides is 1. The Hall–Kier alpha value is -1.98. The maximum atomic E-state index is 14.5. The van der Waals surface area contributed by atoms with Crippen molar-refractivity contribution in [2.24, 2.45) is 5.92 Å². The second-order valence-corrected chi connectivity index (χ2v) is 6.96. The summed E-state index contributed by atoms with van der Waals surface area (Å²) in [6, 6.07) is 2.10. The zero-order valence-electron chi connectivity index (χ0n) is 14.2. The summed E-state index contributed by atoms with van der Waals surface area (Å²) >= 11 is 6.03. The highest BCUT2D eigenvalue weighted by molar-refractivity contribution is 6.32. The third-order valence-corrected chi connectivity index (χ3v) is 4.97. The molecule has 1 heterocycles. The van der Waals surface area contributed by atoms with Gasteiger partial charge in [-0.05, 0) is 31.7 Å². The van der Waals surface area contributed by atoms with Gasteiger partial charge in [-0.15, -0.1) is 6.42 Å². The molecule has 1 aliphatic carbocycles. The number of nitrogens with zero attached hydrogens (tertiary/aromatic N) is 2. The first kappa shape index (κ1) is 19.8. The van der Waals surface area contributed by atoms with Crippen molar-refractivity contribution in [3.63, 3.8) is 0 Å². The lowest BCUT2D eigenvalue weighted by Gasteiger charge is -2.27. The van der Waals surface area contributed by atoms with Crippen LogP contribution in [0.1, 0.15) is 25.7 Å². The van der Waals surface area contributed by atoms with Crippen molar-refractivity contribution in [3.05, 3.63) is 23.0 Å². The highest BCUT2D eigenvalue weighted by atomic mass is 35.5. The van der Waals surface area contributed by atoms with E-state index in [2.05, 4.69) is 5.92 Å². The Labute approximate surface area is 159 Å². The first-order valence-corrected chi connectivity index (χ1v) is 8.85. The van der Waals surface area contributed by atoms with Crippen LogP contribution < -0.4 is 9.75 Å². The van der Waals surface area contributed by atoms with Crippen molar-refractivity contribution in [2.45, 2.75) is 38.0 Å². The Morgan fingerprint density at radius 1 is 1.30 bits per heavy atom. The summed E-state index contributed by atoms with van der Waals surface area (Å²) in [6.07, 6.45) is 3.94. The fourth-order valence-electron chi connectivity index (χ4n) is 3.37. The lowest BCUT2D eigenvalue weighted by molar-refractivity contribution is -0.175. The largest absolute Gasteiger partial charge is 0.489 e. The number of alkyl halides is 3. The number of hydrogen-bond donors (Lipinski definition) is 0. The monoisotopic (exact) mass is 404 g/mol. The molecule has 2 aliphatic rings. The van der Waals surface area contributed by atoms with E-state index in [1.807, 2.05) is 0 Å². The molecule has 1 amide bonds. The van der Waals surface area contributed by atoms with E-state index in [1.54, 1.807) is 0 Å². The molecule has 1 atom stereocenters. The van der Waals surface area contributed by atoms with Gasteiger partial charge in [0.05, 0.1) is 17.7 Å². The number of terminal acetylenes is 1. The molecule has 1 aromatic rings. The molecule has 2 fully saturated rings. The number of hydrazine groups is 1. The van der Waals surface area contributed by atoms with E-state index in [-0.39, 0.29) is 29.1 Å². The van der Waals surface area contributed by atoms with Gasteiger partial charge in [0.25, 0.3) is 5.91 Å². The van der Waals surface area contributed by atoms with Gasteiger partial charge < -0.3 is 4.74 Å². The SMILES string of the molecule is C#CCN1CC(C(F)(F)F)C(=O)N1c1cc(OC2CCCC2)c(Cl)cc1F. The molecule has 0 bridgehead atoms. The van der Waals surface area contributed by atoms with Crippen molar-refractivity contribution in [1.82, 2.24) is 5.01 Å². The molecular formula is C18H17ClF4N2O2. The van der Waals surface area contributed by atoms with Crippen molar-refractivity contribution in [3.8, 4) is 18.1 Å². The van der Waals surface area contributed by atoms with Gasteiger partial charge in [0.1, 0.15) is 23.2 Å². The van der Waals surface area contributed by atoms with Crippen LogP contribution in [0, 0.1) is 24.1 Å². The number of anilines is 1. The molecule has 0 radical (unpaired) electrons. The maximum absolute atomic E-state index is 14.5. The van der Waals surface area contributed by atoms with Gasteiger partial charge in [-0.1, -0.05) is 17.5 Å². The lowest BCUT2D eigenvalue weighted by Crippen LogP contribution is -2.40. The molecule has 27 heavy (non-hydrogen) atoms. The summed E-state index contributed by atoms with van der Waals surface area (Å²) in [6.45, 7) is -0.952. The average Bonchev–Trinajstić information content (AvgIpc) is 3.18. The molecule has 4 nitrogen and oxygen atoms in total. The number of carbonyl (C=O) groups excluding carboxylic acids is 1. The van der Waals surface area contributed by atoms with Crippen LogP contribution in [0.3, 0.4) is 0 Å². The highest BCUT2D eigenvalue weighted by Gasteiger charge is 2.54. The second-order valence-electron chi connectivity index (χ2n) is 6.55. The number of rotatable bonds is 4. The molecule has 1 aromatic carbocycles. The minimum Gasteiger partial charge on any atom is -0.489 e. The van der Waals surface area contributed by atoms with E-state index in [4.69, 9.17) is 22.8 Å². The molecule has 1 saturated carbocycles. The van der Waals surface area contributed by atoms with Gasteiger partial charge in [0.15, 0.2) is 0 Å². The van der Waals surface area contributed by atoms with Crippen LogP contribution in [0.25, 0.3) is 0 Å². The van der Waals surface area contributed by atoms with Crippen LogP contribution in [-0.4, -0.2) is 36.3 Å². The maximum Gasteiger partial charge on any atom is 0.401 e. The fourth-order valence-corrected chi connectivity index (χ4v) is 3.56.